The number of carbonyl (C=O) groups is 1. The van der Waals surface area contributed by atoms with E-state index in [-0.39, 0.29) is 6.42 Å². The van der Waals surface area contributed by atoms with Gasteiger partial charge in [-0.3, -0.25) is 4.79 Å². The van der Waals surface area contributed by atoms with Crippen LogP contribution in [0.15, 0.2) is 60.7 Å². The maximum absolute atomic E-state index is 10.9. The predicted molar refractivity (Wildman–Crippen MR) is 124 cm³/mol. The molecule has 1 N–H and O–H groups in total. The van der Waals surface area contributed by atoms with Crippen molar-refractivity contribution in [3.63, 3.8) is 0 Å². The number of benzene rings is 3. The molecule has 1 aliphatic rings. The number of nitrogens with zero attached hydrogens (tertiary/aromatic N) is 1. The second-order valence-corrected chi connectivity index (χ2v) is 8.69. The molecule has 156 valence electrons. The van der Waals surface area contributed by atoms with Gasteiger partial charge in [-0.2, -0.15) is 0 Å². The highest BCUT2D eigenvalue weighted by Gasteiger charge is 2.25. The van der Waals surface area contributed by atoms with Crippen LogP contribution in [0.5, 0.6) is 0 Å². The fourth-order valence-corrected chi connectivity index (χ4v) is 5.01. The Labute approximate surface area is 179 Å². The summed E-state index contributed by atoms with van der Waals surface area (Å²) in [7, 11) is 0. The van der Waals surface area contributed by atoms with Crippen LogP contribution in [0.4, 0.5) is 5.69 Å². The van der Waals surface area contributed by atoms with Gasteiger partial charge in [0.2, 0.25) is 0 Å². The van der Waals surface area contributed by atoms with E-state index in [0.717, 1.165) is 25.1 Å². The van der Waals surface area contributed by atoms with E-state index in [1.54, 1.807) is 0 Å². The van der Waals surface area contributed by atoms with Gasteiger partial charge in [0.25, 0.3) is 0 Å². The average Bonchev–Trinajstić information content (AvgIpc) is 3.21. The van der Waals surface area contributed by atoms with Crippen LogP contribution in [0.3, 0.4) is 0 Å². The first-order valence-electron chi connectivity index (χ1n) is 11.1. The largest absolute Gasteiger partial charge is 0.481 e. The van der Waals surface area contributed by atoms with E-state index in [2.05, 4.69) is 67.3 Å². The maximum atomic E-state index is 10.9. The summed E-state index contributed by atoms with van der Waals surface area (Å²) < 4.78 is 0. The molecular weight excluding hydrogens is 370 g/mol. The zero-order valence-electron chi connectivity index (χ0n) is 18.0. The van der Waals surface area contributed by atoms with E-state index >= 15 is 0 Å². The fourth-order valence-electron chi connectivity index (χ4n) is 5.01. The van der Waals surface area contributed by atoms with Crippen LogP contribution in [0.25, 0.3) is 10.8 Å². The number of fused-ring (bicyclic) bond motifs is 1. The highest BCUT2D eigenvalue weighted by atomic mass is 16.4. The van der Waals surface area contributed by atoms with Gasteiger partial charge in [-0.15, -0.1) is 0 Å². The molecule has 0 saturated carbocycles. The summed E-state index contributed by atoms with van der Waals surface area (Å²) in [6.07, 6.45) is 3.57. The first-order valence-corrected chi connectivity index (χ1v) is 11.1. The van der Waals surface area contributed by atoms with Gasteiger partial charge >= 0.3 is 5.97 Å². The SMILES string of the molecule is CCc1ccc(C(C)CC2CCN(c3ccc(CC(=O)O)cc3)C2)c2ccccc12. The van der Waals surface area contributed by atoms with Gasteiger partial charge in [0.05, 0.1) is 6.42 Å². The van der Waals surface area contributed by atoms with E-state index in [4.69, 9.17) is 5.11 Å². The summed E-state index contributed by atoms with van der Waals surface area (Å²) in [6, 6.07) is 21.5. The summed E-state index contributed by atoms with van der Waals surface area (Å²) in [5, 5.41) is 11.8. The molecule has 0 radical (unpaired) electrons. The van der Waals surface area contributed by atoms with Crippen molar-refractivity contribution in [2.75, 3.05) is 18.0 Å². The molecule has 0 amide bonds. The quantitative estimate of drug-likeness (QED) is 0.524. The number of aliphatic carboxylic acids is 1. The summed E-state index contributed by atoms with van der Waals surface area (Å²) in [5.74, 6) is 0.435. The van der Waals surface area contributed by atoms with Crippen LogP contribution in [-0.2, 0) is 17.6 Å². The van der Waals surface area contributed by atoms with Crippen molar-refractivity contribution in [1.82, 2.24) is 0 Å². The van der Waals surface area contributed by atoms with Crippen LogP contribution in [0.2, 0.25) is 0 Å². The van der Waals surface area contributed by atoms with Crippen molar-refractivity contribution in [3.05, 3.63) is 77.4 Å². The highest BCUT2D eigenvalue weighted by Crippen LogP contribution is 2.35. The lowest BCUT2D eigenvalue weighted by Gasteiger charge is -2.22. The molecule has 3 aromatic rings. The zero-order valence-corrected chi connectivity index (χ0v) is 18.0. The summed E-state index contributed by atoms with van der Waals surface area (Å²) in [6.45, 7) is 6.75. The molecule has 1 heterocycles. The first-order chi connectivity index (χ1) is 14.5. The molecule has 4 rings (SSSR count). The van der Waals surface area contributed by atoms with Crippen molar-refractivity contribution in [2.45, 2.75) is 45.4 Å². The van der Waals surface area contributed by atoms with E-state index in [1.165, 1.54) is 40.4 Å². The van der Waals surface area contributed by atoms with E-state index in [0.29, 0.717) is 11.8 Å². The Kier molecular flexibility index (Phi) is 6.08. The Morgan fingerprint density at radius 2 is 1.80 bits per heavy atom. The molecule has 2 unspecified atom stereocenters. The lowest BCUT2D eigenvalue weighted by Crippen LogP contribution is -2.20. The minimum atomic E-state index is -0.780. The number of hydrogen-bond acceptors (Lipinski definition) is 2. The van der Waals surface area contributed by atoms with Crippen molar-refractivity contribution >= 4 is 22.4 Å². The van der Waals surface area contributed by atoms with Crippen LogP contribution in [0, 0.1) is 5.92 Å². The minimum absolute atomic E-state index is 0.0885. The van der Waals surface area contributed by atoms with Crippen molar-refractivity contribution in [3.8, 4) is 0 Å². The highest BCUT2D eigenvalue weighted by molar-refractivity contribution is 5.89. The third-order valence-electron chi connectivity index (χ3n) is 6.59. The Balaban J connectivity index is 1.44. The van der Waals surface area contributed by atoms with Gasteiger partial charge < -0.3 is 10.0 Å². The van der Waals surface area contributed by atoms with Gasteiger partial charge in [-0.1, -0.05) is 62.4 Å². The Bertz CT molecular complexity index is 1020. The molecule has 1 aliphatic heterocycles. The van der Waals surface area contributed by atoms with Gasteiger partial charge in [0.15, 0.2) is 0 Å². The predicted octanol–water partition coefficient (Wildman–Crippen LogP) is 6.05. The molecule has 2 atom stereocenters. The second kappa shape index (κ2) is 8.91. The topological polar surface area (TPSA) is 40.5 Å². The Morgan fingerprint density at radius 3 is 2.50 bits per heavy atom. The number of carboxylic acids is 1. The lowest BCUT2D eigenvalue weighted by atomic mass is 9.86. The molecule has 0 spiro atoms. The normalized spacial score (nSPS) is 17.4. The molecule has 3 nitrogen and oxygen atoms in total. The summed E-state index contributed by atoms with van der Waals surface area (Å²) >= 11 is 0. The van der Waals surface area contributed by atoms with Crippen LogP contribution >= 0.6 is 0 Å². The Hall–Kier alpha value is -2.81. The molecule has 3 heteroatoms. The van der Waals surface area contributed by atoms with Crippen molar-refractivity contribution in [1.29, 1.82) is 0 Å². The molecule has 3 aromatic carbocycles. The van der Waals surface area contributed by atoms with Crippen LogP contribution in [-0.4, -0.2) is 24.2 Å². The van der Waals surface area contributed by atoms with Gasteiger partial charge in [0.1, 0.15) is 0 Å². The zero-order chi connectivity index (χ0) is 21.1. The maximum Gasteiger partial charge on any atom is 0.307 e. The molecule has 1 saturated heterocycles. The lowest BCUT2D eigenvalue weighted by molar-refractivity contribution is -0.136. The summed E-state index contributed by atoms with van der Waals surface area (Å²) in [4.78, 5) is 13.3. The standard InChI is InChI=1S/C27H31NO2/c1-3-22-10-13-24(26-7-5-4-6-25(22)26)19(2)16-21-14-15-28(18-21)23-11-8-20(9-12-23)17-27(29)30/h4-13,19,21H,3,14-18H2,1-2H3,(H,29,30). The third kappa shape index (κ3) is 4.35. The Morgan fingerprint density at radius 1 is 1.07 bits per heavy atom. The molecule has 0 bridgehead atoms. The first kappa shape index (κ1) is 20.5. The second-order valence-electron chi connectivity index (χ2n) is 8.69. The molecule has 0 aromatic heterocycles. The van der Waals surface area contributed by atoms with Crippen LogP contribution < -0.4 is 4.90 Å². The fraction of sp³-hybridized carbons (Fsp3) is 0.370. The number of hydrogen-bond donors (Lipinski definition) is 1. The van der Waals surface area contributed by atoms with Crippen LogP contribution in [0.1, 0.15) is 49.3 Å². The average molecular weight is 402 g/mol. The number of anilines is 1. The smallest absolute Gasteiger partial charge is 0.307 e. The van der Waals surface area contributed by atoms with Gasteiger partial charge in [-0.25, -0.2) is 0 Å². The summed E-state index contributed by atoms with van der Waals surface area (Å²) in [5.41, 5.74) is 4.97. The monoisotopic (exact) mass is 401 g/mol. The van der Waals surface area contributed by atoms with E-state index in [1.807, 2.05) is 12.1 Å². The number of aryl methyl sites for hydroxylation is 1. The van der Waals surface area contributed by atoms with Gasteiger partial charge in [-0.05, 0) is 70.7 Å². The van der Waals surface area contributed by atoms with E-state index < -0.39 is 5.97 Å². The molecule has 0 aliphatic carbocycles. The van der Waals surface area contributed by atoms with Crippen molar-refractivity contribution in [2.24, 2.45) is 5.92 Å². The molecule has 30 heavy (non-hydrogen) atoms. The third-order valence-corrected chi connectivity index (χ3v) is 6.59. The number of rotatable bonds is 7. The molecule has 1 fully saturated rings. The number of carboxylic acid groups (broad SMARTS) is 1. The molecular formula is C27H31NO2. The van der Waals surface area contributed by atoms with E-state index in [9.17, 15) is 4.79 Å². The minimum Gasteiger partial charge on any atom is -0.481 e. The van der Waals surface area contributed by atoms with Crippen molar-refractivity contribution < 1.29 is 9.90 Å². The van der Waals surface area contributed by atoms with Gasteiger partial charge in [0, 0.05) is 18.8 Å².